The second-order valence-corrected chi connectivity index (χ2v) is 7.51. The number of aryl methyl sites for hydroxylation is 1. The maximum Gasteiger partial charge on any atom is 0.253 e. The lowest BCUT2D eigenvalue weighted by molar-refractivity contribution is -0.116. The van der Waals surface area contributed by atoms with Gasteiger partial charge in [-0.15, -0.1) is 0 Å². The van der Waals surface area contributed by atoms with Crippen LogP contribution in [0.4, 0.5) is 5.69 Å². The zero-order valence-electron chi connectivity index (χ0n) is 16.9. The lowest BCUT2D eigenvalue weighted by Gasteiger charge is -2.29. The Morgan fingerprint density at radius 1 is 1.00 bits per heavy atom. The van der Waals surface area contributed by atoms with Crippen LogP contribution < -0.4 is 10.2 Å². The number of rotatable bonds is 5. The first kappa shape index (κ1) is 19.0. The third kappa shape index (κ3) is 4.09. The summed E-state index contributed by atoms with van der Waals surface area (Å²) in [7, 11) is 0. The zero-order chi connectivity index (χ0) is 20.2. The van der Waals surface area contributed by atoms with E-state index in [9.17, 15) is 4.79 Å². The van der Waals surface area contributed by atoms with Gasteiger partial charge in [-0.3, -0.25) is 4.79 Å². The fraction of sp³-hybridized carbons (Fsp3) is 0.192. The van der Waals surface area contributed by atoms with E-state index in [4.69, 9.17) is 0 Å². The molecule has 0 unspecified atom stereocenters. The zero-order valence-corrected chi connectivity index (χ0v) is 16.9. The first-order valence-corrected chi connectivity index (χ1v) is 10.1. The lowest BCUT2D eigenvalue weighted by Crippen LogP contribution is -2.32. The van der Waals surface area contributed by atoms with Gasteiger partial charge in [0.2, 0.25) is 0 Å². The van der Waals surface area contributed by atoms with Gasteiger partial charge < -0.3 is 10.2 Å². The fourth-order valence-corrected chi connectivity index (χ4v) is 3.87. The number of carbonyl (C=O) groups excluding carboxylic acids is 1. The highest BCUT2D eigenvalue weighted by Gasteiger charge is 2.24. The van der Waals surface area contributed by atoms with Crippen LogP contribution >= 0.6 is 0 Å². The Morgan fingerprint density at radius 3 is 2.52 bits per heavy atom. The minimum Gasteiger partial charge on any atom is -0.345 e. The van der Waals surface area contributed by atoms with Crippen molar-refractivity contribution in [2.45, 2.75) is 32.9 Å². The number of amides is 1. The van der Waals surface area contributed by atoms with Crippen molar-refractivity contribution in [1.29, 1.82) is 0 Å². The number of nitrogens with zero attached hydrogens (tertiary/aromatic N) is 1. The van der Waals surface area contributed by atoms with Gasteiger partial charge in [0, 0.05) is 18.4 Å². The molecule has 3 heteroatoms. The molecule has 0 fully saturated rings. The molecule has 0 saturated carbocycles. The summed E-state index contributed by atoms with van der Waals surface area (Å²) in [4.78, 5) is 15.5. The summed E-state index contributed by atoms with van der Waals surface area (Å²) in [6, 6.07) is 26.7. The predicted molar refractivity (Wildman–Crippen MR) is 119 cm³/mol. The molecule has 1 aliphatic rings. The second-order valence-electron chi connectivity index (χ2n) is 7.51. The van der Waals surface area contributed by atoms with Crippen LogP contribution in [0.5, 0.6) is 0 Å². The van der Waals surface area contributed by atoms with Crippen molar-refractivity contribution >= 4 is 17.2 Å². The highest BCUT2D eigenvalue weighted by Crippen LogP contribution is 2.31. The van der Waals surface area contributed by atoms with Gasteiger partial charge in [-0.2, -0.15) is 0 Å². The molecule has 0 aromatic heterocycles. The van der Waals surface area contributed by atoms with Crippen LogP contribution in [-0.4, -0.2) is 5.91 Å². The first-order valence-electron chi connectivity index (χ1n) is 10.1. The first-order chi connectivity index (χ1) is 14.2. The van der Waals surface area contributed by atoms with Gasteiger partial charge in [0.05, 0.1) is 11.6 Å². The quantitative estimate of drug-likeness (QED) is 0.621. The summed E-state index contributed by atoms with van der Waals surface area (Å²) in [6.07, 6.45) is 2.83. The van der Waals surface area contributed by atoms with Crippen molar-refractivity contribution in [1.82, 2.24) is 5.32 Å². The Kier molecular flexibility index (Phi) is 5.48. The molecule has 1 N–H and O–H groups in total. The largest absolute Gasteiger partial charge is 0.345 e. The molecule has 0 aliphatic carbocycles. The summed E-state index contributed by atoms with van der Waals surface area (Å²) in [5.74, 6) is -0.0366. The van der Waals surface area contributed by atoms with E-state index in [0.29, 0.717) is 5.57 Å². The molecule has 0 spiro atoms. The van der Waals surface area contributed by atoms with Crippen molar-refractivity contribution in [3.8, 4) is 0 Å². The average Bonchev–Trinajstić information content (AvgIpc) is 2.77. The number of benzene rings is 3. The van der Waals surface area contributed by atoms with Crippen molar-refractivity contribution in [2.24, 2.45) is 0 Å². The molecule has 1 amide bonds. The monoisotopic (exact) mass is 382 g/mol. The number of fused-ring (bicyclic) bond motifs is 1. The molecule has 4 rings (SSSR count). The third-order valence-corrected chi connectivity index (χ3v) is 5.43. The molecule has 0 radical (unpaired) electrons. The highest BCUT2D eigenvalue weighted by molar-refractivity contribution is 6.20. The molecule has 1 atom stereocenters. The van der Waals surface area contributed by atoms with E-state index in [-0.39, 0.29) is 11.9 Å². The van der Waals surface area contributed by atoms with Crippen molar-refractivity contribution in [3.63, 3.8) is 0 Å². The number of hydrogen-bond donors (Lipinski definition) is 1. The van der Waals surface area contributed by atoms with Crippen LogP contribution in [-0.2, 0) is 11.3 Å². The Balaban J connectivity index is 1.67. The molecule has 0 bridgehead atoms. The molecule has 3 nitrogen and oxygen atoms in total. The number of anilines is 1. The Morgan fingerprint density at radius 2 is 1.76 bits per heavy atom. The molecular formula is C26H26N2O. The van der Waals surface area contributed by atoms with Crippen LogP contribution in [0.15, 0.2) is 85.1 Å². The van der Waals surface area contributed by atoms with E-state index in [2.05, 4.69) is 66.5 Å². The minimum absolute atomic E-state index is 0.00823. The van der Waals surface area contributed by atoms with Gasteiger partial charge in [-0.25, -0.2) is 0 Å². The number of nitrogens with one attached hydrogen (secondary N) is 1. The SMILES string of the molecule is CC[C@H](NC(=O)C1=CN(c2cccc(C)c2)Cc2ccccc21)c1ccccc1. The number of carbonyl (C=O) groups is 1. The second kappa shape index (κ2) is 8.36. The van der Waals surface area contributed by atoms with Crippen molar-refractivity contribution in [3.05, 3.63) is 107 Å². The third-order valence-electron chi connectivity index (χ3n) is 5.43. The standard InChI is InChI=1S/C26H26N2O/c1-3-25(20-11-5-4-6-12-20)27-26(29)24-18-28(22-14-9-10-19(2)16-22)17-21-13-7-8-15-23(21)24/h4-16,18,25H,3,17H2,1-2H3,(H,27,29)/t25-/m0/s1. The minimum atomic E-state index is -0.0366. The van der Waals surface area contributed by atoms with Gasteiger partial charge in [-0.05, 0) is 47.7 Å². The average molecular weight is 383 g/mol. The molecular weight excluding hydrogens is 356 g/mol. The Hall–Kier alpha value is -3.33. The van der Waals surface area contributed by atoms with E-state index >= 15 is 0 Å². The van der Waals surface area contributed by atoms with Gasteiger partial charge in [0.25, 0.3) is 5.91 Å². The maximum absolute atomic E-state index is 13.3. The molecule has 3 aromatic rings. The van der Waals surface area contributed by atoms with E-state index in [1.54, 1.807) is 0 Å². The molecule has 146 valence electrons. The highest BCUT2D eigenvalue weighted by atomic mass is 16.1. The summed E-state index contributed by atoms with van der Waals surface area (Å²) in [6.45, 7) is 4.94. The summed E-state index contributed by atoms with van der Waals surface area (Å²) in [5.41, 5.74) is 6.31. The summed E-state index contributed by atoms with van der Waals surface area (Å²) >= 11 is 0. The Labute approximate surface area is 172 Å². The normalized spacial score (nSPS) is 14.0. The van der Waals surface area contributed by atoms with Gasteiger partial charge in [0.1, 0.15) is 0 Å². The van der Waals surface area contributed by atoms with Crippen LogP contribution in [0.1, 0.15) is 41.6 Å². The van der Waals surface area contributed by atoms with Gasteiger partial charge >= 0.3 is 0 Å². The van der Waals surface area contributed by atoms with Crippen LogP contribution in [0.25, 0.3) is 5.57 Å². The van der Waals surface area contributed by atoms with Crippen LogP contribution in [0, 0.1) is 6.92 Å². The Bertz CT molecular complexity index is 1040. The lowest BCUT2D eigenvalue weighted by atomic mass is 9.95. The molecule has 3 aromatic carbocycles. The van der Waals surface area contributed by atoms with Gasteiger partial charge in [0.15, 0.2) is 0 Å². The fourth-order valence-electron chi connectivity index (χ4n) is 3.87. The summed E-state index contributed by atoms with van der Waals surface area (Å²) in [5, 5.41) is 3.24. The van der Waals surface area contributed by atoms with Gasteiger partial charge in [-0.1, -0.05) is 73.7 Å². The molecule has 1 heterocycles. The van der Waals surface area contributed by atoms with Crippen LogP contribution in [0.2, 0.25) is 0 Å². The molecule has 29 heavy (non-hydrogen) atoms. The molecule has 1 aliphatic heterocycles. The number of hydrogen-bond acceptors (Lipinski definition) is 2. The predicted octanol–water partition coefficient (Wildman–Crippen LogP) is 5.62. The van der Waals surface area contributed by atoms with Crippen molar-refractivity contribution in [2.75, 3.05) is 4.90 Å². The molecule has 0 saturated heterocycles. The van der Waals surface area contributed by atoms with E-state index < -0.39 is 0 Å². The topological polar surface area (TPSA) is 32.3 Å². The van der Waals surface area contributed by atoms with Crippen molar-refractivity contribution < 1.29 is 4.79 Å². The smallest absolute Gasteiger partial charge is 0.253 e. The summed E-state index contributed by atoms with van der Waals surface area (Å²) < 4.78 is 0. The van der Waals surface area contributed by atoms with Crippen LogP contribution in [0.3, 0.4) is 0 Å². The van der Waals surface area contributed by atoms with E-state index in [1.807, 2.05) is 42.6 Å². The maximum atomic E-state index is 13.3. The van der Waals surface area contributed by atoms with E-state index in [1.165, 1.54) is 5.56 Å². The van der Waals surface area contributed by atoms with E-state index in [0.717, 1.165) is 35.3 Å².